The molecule has 0 aromatic heterocycles. The molecule has 0 unspecified atom stereocenters. The lowest BCUT2D eigenvalue weighted by atomic mass is 9.78. The summed E-state index contributed by atoms with van der Waals surface area (Å²) in [7, 11) is 0. The summed E-state index contributed by atoms with van der Waals surface area (Å²) in [5.74, 6) is 3.99. The van der Waals surface area contributed by atoms with Crippen LogP contribution in [0.5, 0.6) is 0 Å². The molecular formula is C24H42. The van der Waals surface area contributed by atoms with Gasteiger partial charge in [0.2, 0.25) is 0 Å². The van der Waals surface area contributed by atoms with Gasteiger partial charge in [0.1, 0.15) is 0 Å². The van der Waals surface area contributed by atoms with Crippen LogP contribution in [0.25, 0.3) is 0 Å². The lowest BCUT2D eigenvalue weighted by molar-refractivity contribution is 0.255. The van der Waals surface area contributed by atoms with E-state index in [-0.39, 0.29) is 0 Å². The van der Waals surface area contributed by atoms with Gasteiger partial charge in [0.25, 0.3) is 0 Å². The average Bonchev–Trinajstić information content (AvgIpc) is 2.62. The smallest absolute Gasteiger partial charge is 0.0233 e. The molecule has 2 aliphatic carbocycles. The molecule has 0 amide bonds. The van der Waals surface area contributed by atoms with E-state index in [1.165, 1.54) is 89.9 Å². The predicted molar refractivity (Wildman–Crippen MR) is 108 cm³/mol. The van der Waals surface area contributed by atoms with Crippen molar-refractivity contribution in [3.8, 4) is 0 Å². The molecule has 2 rings (SSSR count). The maximum atomic E-state index is 2.57. The Hall–Kier alpha value is -0.520. The molecule has 0 aromatic rings. The fourth-order valence-corrected chi connectivity index (χ4v) is 5.01. The first-order chi connectivity index (χ1) is 11.8. The first kappa shape index (κ1) is 19.8. The lowest BCUT2D eigenvalue weighted by Gasteiger charge is -2.28. The molecule has 2 saturated carbocycles. The monoisotopic (exact) mass is 330 g/mol. The van der Waals surface area contributed by atoms with Crippen molar-refractivity contribution in [1.82, 2.24) is 0 Å². The Balaban J connectivity index is 1.52. The molecule has 138 valence electrons. The average molecular weight is 331 g/mol. The van der Waals surface area contributed by atoms with Crippen LogP contribution in [-0.4, -0.2) is 0 Å². The highest BCUT2D eigenvalue weighted by molar-refractivity contribution is 4.91. The molecule has 0 radical (unpaired) electrons. The van der Waals surface area contributed by atoms with Crippen LogP contribution in [0, 0.1) is 23.7 Å². The van der Waals surface area contributed by atoms with Crippen molar-refractivity contribution in [3.63, 3.8) is 0 Å². The van der Waals surface area contributed by atoms with Crippen LogP contribution in [0.15, 0.2) is 24.3 Å². The Morgan fingerprint density at radius 1 is 0.667 bits per heavy atom. The first-order valence-corrected chi connectivity index (χ1v) is 11.1. The van der Waals surface area contributed by atoms with Crippen molar-refractivity contribution in [2.75, 3.05) is 0 Å². The van der Waals surface area contributed by atoms with Gasteiger partial charge in [-0.3, -0.25) is 0 Å². The summed E-state index contributed by atoms with van der Waals surface area (Å²) in [6.07, 6.45) is 29.9. The number of allylic oxidation sites excluding steroid dienone is 4. The summed E-state index contributed by atoms with van der Waals surface area (Å²) in [6, 6.07) is 0. The maximum Gasteiger partial charge on any atom is -0.0233 e. The van der Waals surface area contributed by atoms with Gasteiger partial charge < -0.3 is 0 Å². The molecule has 0 heterocycles. The molecule has 0 N–H and O–H groups in total. The fraction of sp³-hybridized carbons (Fsp3) is 0.833. The Kier molecular flexibility index (Phi) is 9.85. The molecule has 0 aliphatic heterocycles. The van der Waals surface area contributed by atoms with E-state index in [1.54, 1.807) is 0 Å². The SMILES string of the molecule is C/C=C/CC[C@H]1CC[C@H](CC/C=C/[C@H]2CC[C@H](CCC)CC2)CC1. The molecule has 0 saturated heterocycles. The molecule has 0 spiro atoms. The number of hydrogen-bond acceptors (Lipinski definition) is 0. The van der Waals surface area contributed by atoms with Crippen molar-refractivity contribution in [2.45, 2.75) is 104 Å². The molecule has 0 heteroatoms. The summed E-state index contributed by atoms with van der Waals surface area (Å²) in [5, 5.41) is 0. The normalized spacial score (nSPS) is 31.9. The van der Waals surface area contributed by atoms with E-state index in [0.717, 1.165) is 23.7 Å². The van der Waals surface area contributed by atoms with E-state index < -0.39 is 0 Å². The van der Waals surface area contributed by atoms with Crippen LogP contribution < -0.4 is 0 Å². The Bertz CT molecular complexity index is 348. The molecule has 2 fully saturated rings. The standard InChI is InChI=1S/C24H42/c1-3-5-6-10-22-17-19-24(20-18-22)12-8-7-11-23-15-13-21(9-4-2)14-16-23/h3,5,7,11,21-24H,4,6,8-10,12-20H2,1-2H3/b5-3+,11-7+/t21-,22-,23-,24-. The third-order valence-electron chi connectivity index (χ3n) is 6.68. The highest BCUT2D eigenvalue weighted by Crippen LogP contribution is 2.35. The van der Waals surface area contributed by atoms with Crippen molar-refractivity contribution in [3.05, 3.63) is 24.3 Å². The summed E-state index contributed by atoms with van der Waals surface area (Å²) < 4.78 is 0. The summed E-state index contributed by atoms with van der Waals surface area (Å²) >= 11 is 0. The van der Waals surface area contributed by atoms with Gasteiger partial charge in [-0.1, -0.05) is 69.8 Å². The van der Waals surface area contributed by atoms with Gasteiger partial charge in [0, 0.05) is 0 Å². The largest absolute Gasteiger partial charge is 0.0917 e. The Morgan fingerprint density at radius 2 is 1.17 bits per heavy atom. The van der Waals surface area contributed by atoms with E-state index in [0.29, 0.717) is 0 Å². The fourth-order valence-electron chi connectivity index (χ4n) is 5.01. The molecular weight excluding hydrogens is 288 g/mol. The second-order valence-corrected chi connectivity index (χ2v) is 8.61. The van der Waals surface area contributed by atoms with E-state index in [4.69, 9.17) is 0 Å². The minimum absolute atomic E-state index is 0.903. The second-order valence-electron chi connectivity index (χ2n) is 8.61. The Morgan fingerprint density at radius 3 is 1.71 bits per heavy atom. The van der Waals surface area contributed by atoms with Gasteiger partial charge >= 0.3 is 0 Å². The van der Waals surface area contributed by atoms with Crippen LogP contribution in [0.2, 0.25) is 0 Å². The lowest BCUT2D eigenvalue weighted by Crippen LogP contribution is -2.14. The number of hydrogen-bond donors (Lipinski definition) is 0. The highest BCUT2D eigenvalue weighted by atomic mass is 14.3. The van der Waals surface area contributed by atoms with Crippen LogP contribution in [0.4, 0.5) is 0 Å². The van der Waals surface area contributed by atoms with E-state index in [1.807, 2.05) is 0 Å². The van der Waals surface area contributed by atoms with Crippen molar-refractivity contribution in [1.29, 1.82) is 0 Å². The Labute approximate surface area is 152 Å². The van der Waals surface area contributed by atoms with Gasteiger partial charge in [-0.05, 0) is 82.0 Å². The predicted octanol–water partition coefficient (Wildman–Crippen LogP) is 8.09. The van der Waals surface area contributed by atoms with Gasteiger partial charge in [0.05, 0.1) is 0 Å². The second kappa shape index (κ2) is 11.9. The van der Waals surface area contributed by atoms with Gasteiger partial charge in [-0.2, -0.15) is 0 Å². The third-order valence-corrected chi connectivity index (χ3v) is 6.68. The van der Waals surface area contributed by atoms with Crippen LogP contribution >= 0.6 is 0 Å². The van der Waals surface area contributed by atoms with Crippen LogP contribution in [-0.2, 0) is 0 Å². The number of rotatable bonds is 9. The van der Waals surface area contributed by atoms with Gasteiger partial charge in [-0.15, -0.1) is 0 Å². The quantitative estimate of drug-likeness (QED) is 0.375. The molecule has 2 aliphatic rings. The minimum atomic E-state index is 0.903. The van der Waals surface area contributed by atoms with E-state index in [9.17, 15) is 0 Å². The van der Waals surface area contributed by atoms with Crippen LogP contribution in [0.1, 0.15) is 104 Å². The zero-order chi connectivity index (χ0) is 17.0. The van der Waals surface area contributed by atoms with Crippen molar-refractivity contribution >= 4 is 0 Å². The van der Waals surface area contributed by atoms with Gasteiger partial charge in [0.15, 0.2) is 0 Å². The summed E-state index contributed by atoms with van der Waals surface area (Å²) in [4.78, 5) is 0. The minimum Gasteiger partial charge on any atom is -0.0917 e. The van der Waals surface area contributed by atoms with E-state index >= 15 is 0 Å². The molecule has 0 atom stereocenters. The van der Waals surface area contributed by atoms with Crippen LogP contribution in [0.3, 0.4) is 0 Å². The molecule has 0 nitrogen and oxygen atoms in total. The third kappa shape index (κ3) is 7.58. The van der Waals surface area contributed by atoms with Gasteiger partial charge in [-0.25, -0.2) is 0 Å². The molecule has 0 aromatic carbocycles. The topological polar surface area (TPSA) is 0 Å². The zero-order valence-corrected chi connectivity index (χ0v) is 16.5. The molecule has 0 bridgehead atoms. The maximum absolute atomic E-state index is 2.57. The zero-order valence-electron chi connectivity index (χ0n) is 16.5. The summed E-state index contributed by atoms with van der Waals surface area (Å²) in [5.41, 5.74) is 0. The van der Waals surface area contributed by atoms with E-state index in [2.05, 4.69) is 38.2 Å². The molecule has 24 heavy (non-hydrogen) atoms. The highest BCUT2D eigenvalue weighted by Gasteiger charge is 2.20. The van der Waals surface area contributed by atoms with Crippen molar-refractivity contribution < 1.29 is 0 Å². The van der Waals surface area contributed by atoms with Crippen molar-refractivity contribution in [2.24, 2.45) is 23.7 Å². The first-order valence-electron chi connectivity index (χ1n) is 11.1. The summed E-state index contributed by atoms with van der Waals surface area (Å²) in [6.45, 7) is 4.48.